The summed E-state index contributed by atoms with van der Waals surface area (Å²) in [4.78, 5) is 15.4. The fraction of sp³-hybridized carbons (Fsp3) is 0.400. The van der Waals surface area contributed by atoms with E-state index in [0.717, 1.165) is 16.8 Å². The minimum absolute atomic E-state index is 0.280. The van der Waals surface area contributed by atoms with Crippen LogP contribution in [0, 0.1) is 0 Å². The van der Waals surface area contributed by atoms with Crippen molar-refractivity contribution in [3.63, 3.8) is 0 Å². The predicted octanol–water partition coefficient (Wildman–Crippen LogP) is 1.81. The number of carbonyl (C=O) groups is 1. The maximum absolute atomic E-state index is 13.1. The van der Waals surface area contributed by atoms with E-state index in [-0.39, 0.29) is 18.8 Å². The molecular formula is C20H21F3N2O4. The topological polar surface area (TPSA) is 91.7 Å². The zero-order chi connectivity index (χ0) is 21.0. The first-order valence-corrected chi connectivity index (χ1v) is 8.99. The van der Waals surface area contributed by atoms with E-state index in [9.17, 15) is 28.2 Å². The van der Waals surface area contributed by atoms with Crippen molar-refractivity contribution < 1.29 is 32.9 Å². The Morgan fingerprint density at radius 3 is 2.31 bits per heavy atom. The summed E-state index contributed by atoms with van der Waals surface area (Å²) in [6.45, 7) is -0.611. The molecule has 156 valence electrons. The van der Waals surface area contributed by atoms with Crippen molar-refractivity contribution in [2.75, 3.05) is 19.9 Å². The van der Waals surface area contributed by atoms with E-state index in [0.29, 0.717) is 6.42 Å². The average Bonchev–Trinajstić information content (AvgIpc) is 2.70. The number of carbonyl (C=O) groups excluding carboxylic acids is 1. The summed E-state index contributed by atoms with van der Waals surface area (Å²) in [5.74, 6) is -1.63. The van der Waals surface area contributed by atoms with Gasteiger partial charge in [-0.15, -0.1) is 0 Å². The SMILES string of the molecule is O=C(N[C@H](CF)[C@@H](O)c1ccc(-c2ccc(CC3(O)COC3)nc2)cc1)C(F)F. The molecule has 29 heavy (non-hydrogen) atoms. The summed E-state index contributed by atoms with van der Waals surface area (Å²) in [5, 5.41) is 22.1. The number of amides is 1. The maximum atomic E-state index is 13.1. The van der Waals surface area contributed by atoms with Gasteiger partial charge in [-0.25, -0.2) is 4.39 Å². The Kier molecular flexibility index (Phi) is 6.51. The van der Waals surface area contributed by atoms with Crippen LogP contribution in [0.3, 0.4) is 0 Å². The van der Waals surface area contributed by atoms with Crippen molar-refractivity contribution in [2.45, 2.75) is 30.6 Å². The minimum atomic E-state index is -3.29. The predicted molar refractivity (Wildman–Crippen MR) is 98.0 cm³/mol. The van der Waals surface area contributed by atoms with E-state index in [1.165, 1.54) is 12.1 Å². The number of aliphatic hydroxyl groups is 2. The Labute approximate surface area is 165 Å². The molecule has 6 nitrogen and oxygen atoms in total. The van der Waals surface area contributed by atoms with Crippen LogP contribution in [-0.2, 0) is 16.0 Å². The first-order chi connectivity index (χ1) is 13.8. The quantitative estimate of drug-likeness (QED) is 0.618. The Morgan fingerprint density at radius 2 is 1.83 bits per heavy atom. The average molecular weight is 410 g/mol. The van der Waals surface area contributed by atoms with Crippen molar-refractivity contribution in [3.8, 4) is 11.1 Å². The second-order valence-electron chi connectivity index (χ2n) is 7.07. The first kappa shape index (κ1) is 21.2. The lowest BCUT2D eigenvalue weighted by molar-refractivity contribution is -0.177. The number of nitrogens with zero attached hydrogens (tertiary/aromatic N) is 1. The number of halogens is 3. The molecule has 1 aliphatic heterocycles. The van der Waals surface area contributed by atoms with Crippen LogP contribution in [0.15, 0.2) is 42.6 Å². The first-order valence-electron chi connectivity index (χ1n) is 8.99. The number of ether oxygens (including phenoxy) is 1. The number of nitrogens with one attached hydrogen (secondary N) is 1. The van der Waals surface area contributed by atoms with Crippen LogP contribution >= 0.6 is 0 Å². The summed E-state index contributed by atoms with van der Waals surface area (Å²) in [7, 11) is 0. The van der Waals surface area contributed by atoms with E-state index < -0.39 is 36.8 Å². The molecule has 1 saturated heterocycles. The molecule has 0 aliphatic carbocycles. The molecule has 1 fully saturated rings. The Balaban J connectivity index is 1.66. The summed E-state index contributed by atoms with van der Waals surface area (Å²) >= 11 is 0. The van der Waals surface area contributed by atoms with Crippen molar-refractivity contribution in [2.24, 2.45) is 0 Å². The van der Waals surface area contributed by atoms with Crippen LogP contribution in [0.4, 0.5) is 13.2 Å². The Bertz CT molecular complexity index is 827. The van der Waals surface area contributed by atoms with Gasteiger partial charge in [0.15, 0.2) is 0 Å². The second kappa shape index (κ2) is 8.89. The zero-order valence-corrected chi connectivity index (χ0v) is 15.4. The maximum Gasteiger partial charge on any atom is 0.315 e. The highest BCUT2D eigenvalue weighted by molar-refractivity contribution is 5.79. The molecule has 2 aromatic rings. The molecule has 9 heteroatoms. The van der Waals surface area contributed by atoms with Crippen molar-refractivity contribution in [1.29, 1.82) is 0 Å². The van der Waals surface area contributed by atoms with Crippen LogP contribution in [0.5, 0.6) is 0 Å². The van der Waals surface area contributed by atoms with Gasteiger partial charge >= 0.3 is 6.43 Å². The summed E-state index contributed by atoms with van der Waals surface area (Å²) in [5.41, 5.74) is 1.72. The van der Waals surface area contributed by atoms with Crippen LogP contribution in [0.1, 0.15) is 17.4 Å². The normalized spacial score (nSPS) is 17.4. The van der Waals surface area contributed by atoms with Gasteiger partial charge in [0, 0.05) is 23.9 Å². The summed E-state index contributed by atoms with van der Waals surface area (Å²) < 4.78 is 42.8. The minimum Gasteiger partial charge on any atom is -0.386 e. The highest BCUT2D eigenvalue weighted by Crippen LogP contribution is 2.25. The van der Waals surface area contributed by atoms with Crippen LogP contribution in [0.25, 0.3) is 11.1 Å². The van der Waals surface area contributed by atoms with Gasteiger partial charge < -0.3 is 20.3 Å². The van der Waals surface area contributed by atoms with Crippen molar-refractivity contribution >= 4 is 5.91 Å². The Morgan fingerprint density at radius 1 is 1.17 bits per heavy atom. The molecule has 0 spiro atoms. The van der Waals surface area contributed by atoms with E-state index in [4.69, 9.17) is 4.74 Å². The van der Waals surface area contributed by atoms with E-state index in [2.05, 4.69) is 4.98 Å². The molecule has 0 unspecified atom stereocenters. The number of hydrogen-bond acceptors (Lipinski definition) is 5. The fourth-order valence-corrected chi connectivity index (χ4v) is 3.03. The largest absolute Gasteiger partial charge is 0.386 e. The third kappa shape index (κ3) is 5.11. The molecule has 2 atom stereocenters. The highest BCUT2D eigenvalue weighted by Gasteiger charge is 2.36. The number of aromatic nitrogens is 1. The number of hydrogen-bond donors (Lipinski definition) is 3. The van der Waals surface area contributed by atoms with E-state index >= 15 is 0 Å². The van der Waals surface area contributed by atoms with Gasteiger partial charge in [-0.05, 0) is 17.2 Å². The molecule has 3 N–H and O–H groups in total. The van der Waals surface area contributed by atoms with E-state index in [1.54, 1.807) is 29.7 Å². The third-order valence-corrected chi connectivity index (χ3v) is 4.74. The fourth-order valence-electron chi connectivity index (χ4n) is 3.03. The number of alkyl halides is 3. The smallest absolute Gasteiger partial charge is 0.315 e. The molecule has 1 aliphatic rings. The van der Waals surface area contributed by atoms with Gasteiger partial charge in [0.05, 0.1) is 19.3 Å². The van der Waals surface area contributed by atoms with Gasteiger partial charge in [-0.3, -0.25) is 9.78 Å². The van der Waals surface area contributed by atoms with Gasteiger partial charge in [-0.2, -0.15) is 8.78 Å². The molecule has 1 aromatic carbocycles. The van der Waals surface area contributed by atoms with Crippen LogP contribution in [0.2, 0.25) is 0 Å². The molecule has 0 saturated carbocycles. The number of aliphatic hydroxyl groups excluding tert-OH is 1. The molecule has 2 heterocycles. The number of benzene rings is 1. The Hall–Kier alpha value is -2.49. The van der Waals surface area contributed by atoms with Gasteiger partial charge in [0.2, 0.25) is 0 Å². The molecule has 3 rings (SSSR count). The van der Waals surface area contributed by atoms with Gasteiger partial charge in [-0.1, -0.05) is 30.3 Å². The van der Waals surface area contributed by atoms with Crippen LogP contribution in [-0.4, -0.2) is 59.1 Å². The molecule has 1 aromatic heterocycles. The molecule has 0 bridgehead atoms. The zero-order valence-electron chi connectivity index (χ0n) is 15.4. The lowest BCUT2D eigenvalue weighted by Gasteiger charge is -2.36. The third-order valence-electron chi connectivity index (χ3n) is 4.74. The molecular weight excluding hydrogens is 389 g/mol. The standard InChI is InChI=1S/C20H21F3N2O4/c21-8-16(25-19(27)18(22)23)17(26)13-3-1-12(2-4-13)14-5-6-15(24-9-14)7-20(28)10-29-11-20/h1-6,9,16-18,26,28H,7-8,10-11H2,(H,25,27)/t16-,17+/m1/s1. The molecule has 0 radical (unpaired) electrons. The summed E-state index contributed by atoms with van der Waals surface area (Å²) in [6, 6.07) is 8.57. The van der Waals surface area contributed by atoms with Crippen molar-refractivity contribution in [1.82, 2.24) is 10.3 Å². The van der Waals surface area contributed by atoms with Gasteiger partial charge in [0.25, 0.3) is 5.91 Å². The monoisotopic (exact) mass is 410 g/mol. The van der Waals surface area contributed by atoms with Crippen LogP contribution < -0.4 is 5.32 Å². The lowest BCUT2D eigenvalue weighted by Crippen LogP contribution is -2.51. The number of rotatable bonds is 8. The number of pyridine rings is 1. The van der Waals surface area contributed by atoms with Gasteiger partial charge in [0.1, 0.15) is 18.4 Å². The van der Waals surface area contributed by atoms with E-state index in [1.807, 2.05) is 6.07 Å². The lowest BCUT2D eigenvalue weighted by atomic mass is 9.95. The molecule has 1 amide bonds. The van der Waals surface area contributed by atoms with Crippen molar-refractivity contribution in [3.05, 3.63) is 53.9 Å². The summed E-state index contributed by atoms with van der Waals surface area (Å²) in [6.07, 6.45) is -2.71. The second-order valence-corrected chi connectivity index (χ2v) is 7.07. The highest BCUT2D eigenvalue weighted by atomic mass is 19.3.